The molecule has 0 aromatic carbocycles. The molecule has 0 bridgehead atoms. The molecule has 0 amide bonds. The van der Waals surface area contributed by atoms with Gasteiger partial charge in [0, 0.05) is 51.5 Å². The predicted octanol–water partition coefficient (Wildman–Crippen LogP) is 6.60. The Morgan fingerprint density at radius 3 is 0.923 bits per heavy atom. The molecule has 158 valence electrons. The highest BCUT2D eigenvalue weighted by atomic mass is 35.5. The lowest BCUT2D eigenvalue weighted by Crippen LogP contribution is -2.31. The second kappa shape index (κ2) is 12.5. The Morgan fingerprint density at radius 1 is 0.577 bits per heavy atom. The van der Waals surface area contributed by atoms with Gasteiger partial charge in [-0.05, 0) is 0 Å². The number of alkyl halides is 6. The van der Waals surface area contributed by atoms with Crippen LogP contribution in [0.3, 0.4) is 0 Å². The Kier molecular flexibility index (Phi) is 13.4. The van der Waals surface area contributed by atoms with Gasteiger partial charge in [-0.25, -0.2) is 4.57 Å². The molecule has 0 saturated carbocycles. The second-order valence-electron chi connectivity index (χ2n) is 7.50. The van der Waals surface area contributed by atoms with E-state index in [4.69, 9.17) is 83.2 Å². The first-order chi connectivity index (χ1) is 12.0. The smallest absolute Gasteiger partial charge is 0.286 e. The van der Waals surface area contributed by atoms with Gasteiger partial charge in [-0.1, -0.05) is 20.8 Å². The van der Waals surface area contributed by atoms with Gasteiger partial charge in [-0.15, -0.1) is 69.6 Å². The van der Waals surface area contributed by atoms with E-state index in [9.17, 15) is 4.57 Å². The Hall–Kier alpha value is 1.85. The molecule has 11 heteroatoms. The topological polar surface area (TPSA) is 44.8 Å². The maximum Gasteiger partial charge on any atom is 0.474 e. The number of phosphoric ester groups is 1. The van der Waals surface area contributed by atoms with Crippen molar-refractivity contribution in [1.29, 1.82) is 0 Å². The van der Waals surface area contributed by atoms with Crippen LogP contribution in [0.4, 0.5) is 0 Å². The highest BCUT2D eigenvalue weighted by Crippen LogP contribution is 2.53. The van der Waals surface area contributed by atoms with Crippen LogP contribution in [-0.4, -0.2) is 55.1 Å². The minimum absolute atomic E-state index is 0.00575. The van der Waals surface area contributed by atoms with E-state index in [2.05, 4.69) is 0 Å². The van der Waals surface area contributed by atoms with E-state index >= 15 is 0 Å². The number of halogens is 6. The molecular formula is C15H27Cl6O4P. The summed E-state index contributed by atoms with van der Waals surface area (Å²) in [4.78, 5) is 0. The first kappa shape index (κ1) is 27.8. The van der Waals surface area contributed by atoms with E-state index in [-0.39, 0.29) is 55.1 Å². The molecule has 0 spiro atoms. The van der Waals surface area contributed by atoms with Crippen molar-refractivity contribution in [3.63, 3.8) is 0 Å². The Labute approximate surface area is 187 Å². The molecule has 0 atom stereocenters. The molecule has 0 unspecified atom stereocenters. The summed E-state index contributed by atoms with van der Waals surface area (Å²) in [5.41, 5.74) is -1.76. The van der Waals surface area contributed by atoms with Crippen LogP contribution in [-0.2, 0) is 18.1 Å². The van der Waals surface area contributed by atoms with Crippen molar-refractivity contribution >= 4 is 77.4 Å². The molecule has 0 saturated heterocycles. The standard InChI is InChI=1S/C15H27Cl6O4P/c1-13(4-16,5-17)10-23-26(22,24-11-14(2,6-18)7-19)25-12-15(3,8-20)9-21/h4-12H2,1-3H3. The Bertz CT molecular complexity index is 380. The van der Waals surface area contributed by atoms with E-state index < -0.39 is 24.1 Å². The molecule has 0 aliphatic heterocycles. The van der Waals surface area contributed by atoms with Crippen molar-refractivity contribution in [1.82, 2.24) is 0 Å². The zero-order chi connectivity index (χ0) is 20.5. The lowest BCUT2D eigenvalue weighted by molar-refractivity contribution is 0.0534. The third-order valence-electron chi connectivity index (χ3n) is 3.65. The lowest BCUT2D eigenvalue weighted by Gasteiger charge is -2.31. The molecule has 0 radical (unpaired) electrons. The van der Waals surface area contributed by atoms with E-state index in [0.29, 0.717) is 0 Å². The summed E-state index contributed by atoms with van der Waals surface area (Å²) in [6.45, 7) is 5.40. The highest BCUT2D eigenvalue weighted by molar-refractivity contribution is 7.48. The zero-order valence-corrected chi connectivity index (χ0v) is 20.6. The molecule has 0 aromatic heterocycles. The maximum atomic E-state index is 13.1. The summed E-state index contributed by atoms with van der Waals surface area (Å²) < 4.78 is 29.7. The fraction of sp³-hybridized carbons (Fsp3) is 1.00. The molecule has 0 aliphatic carbocycles. The van der Waals surface area contributed by atoms with Gasteiger partial charge in [-0.2, -0.15) is 0 Å². The Balaban J connectivity index is 5.21. The lowest BCUT2D eigenvalue weighted by atomic mass is 9.98. The van der Waals surface area contributed by atoms with Gasteiger partial charge in [0.25, 0.3) is 0 Å². The van der Waals surface area contributed by atoms with Crippen molar-refractivity contribution in [3.8, 4) is 0 Å². The summed E-state index contributed by atoms with van der Waals surface area (Å²) in [7, 11) is -3.94. The van der Waals surface area contributed by atoms with E-state index in [0.717, 1.165) is 0 Å². The van der Waals surface area contributed by atoms with Crippen molar-refractivity contribution in [3.05, 3.63) is 0 Å². The van der Waals surface area contributed by atoms with Crippen molar-refractivity contribution in [2.24, 2.45) is 16.2 Å². The number of phosphoric acid groups is 1. The highest BCUT2D eigenvalue weighted by Gasteiger charge is 2.37. The molecule has 0 aromatic rings. The van der Waals surface area contributed by atoms with Crippen LogP contribution in [0.1, 0.15) is 20.8 Å². The fourth-order valence-corrected chi connectivity index (χ4v) is 4.11. The van der Waals surface area contributed by atoms with Crippen molar-refractivity contribution in [2.45, 2.75) is 20.8 Å². The molecule has 0 heterocycles. The van der Waals surface area contributed by atoms with Crippen LogP contribution in [0.25, 0.3) is 0 Å². The minimum Gasteiger partial charge on any atom is -0.286 e. The van der Waals surface area contributed by atoms with E-state index in [1.54, 1.807) is 20.8 Å². The monoisotopic (exact) mass is 512 g/mol. The SMILES string of the molecule is CC(CCl)(CCl)COP(=O)(OCC(C)(CCl)CCl)OCC(C)(CCl)CCl. The van der Waals surface area contributed by atoms with Crippen molar-refractivity contribution in [2.75, 3.05) is 55.1 Å². The molecular weight excluding hydrogens is 488 g/mol. The molecule has 4 nitrogen and oxygen atoms in total. The van der Waals surface area contributed by atoms with Gasteiger partial charge in [0.05, 0.1) is 19.8 Å². The zero-order valence-electron chi connectivity index (χ0n) is 15.2. The summed E-state index contributed by atoms with van der Waals surface area (Å²) >= 11 is 35.5. The average molecular weight is 515 g/mol. The second-order valence-corrected chi connectivity index (χ2v) is 10.8. The van der Waals surface area contributed by atoms with Crippen LogP contribution in [0, 0.1) is 16.2 Å². The van der Waals surface area contributed by atoms with Gasteiger partial charge in [0.1, 0.15) is 0 Å². The molecule has 0 aliphatic rings. The molecule has 0 N–H and O–H groups in total. The van der Waals surface area contributed by atoms with Crippen molar-refractivity contribution < 1.29 is 18.1 Å². The van der Waals surface area contributed by atoms with Crippen LogP contribution in [0.2, 0.25) is 0 Å². The van der Waals surface area contributed by atoms with Gasteiger partial charge < -0.3 is 0 Å². The first-order valence-corrected chi connectivity index (χ1v) is 12.5. The summed E-state index contributed by atoms with van der Waals surface area (Å²) in [5, 5.41) is 0. The predicted molar refractivity (Wildman–Crippen MR) is 114 cm³/mol. The summed E-state index contributed by atoms with van der Waals surface area (Å²) in [5.74, 6) is 1.33. The van der Waals surface area contributed by atoms with Crippen LogP contribution in [0.5, 0.6) is 0 Å². The van der Waals surface area contributed by atoms with Gasteiger partial charge in [0.2, 0.25) is 0 Å². The molecule has 0 rings (SSSR count). The number of hydrogen-bond donors (Lipinski definition) is 0. The number of rotatable bonds is 15. The van der Waals surface area contributed by atoms with Crippen LogP contribution >= 0.6 is 77.4 Å². The van der Waals surface area contributed by atoms with Crippen LogP contribution < -0.4 is 0 Å². The Morgan fingerprint density at radius 2 is 0.769 bits per heavy atom. The third-order valence-corrected chi connectivity index (χ3v) is 8.86. The summed E-state index contributed by atoms with van der Waals surface area (Å²) in [6.07, 6.45) is 0. The largest absolute Gasteiger partial charge is 0.474 e. The van der Waals surface area contributed by atoms with Gasteiger partial charge in [0.15, 0.2) is 0 Å². The quantitative estimate of drug-likeness (QED) is 0.182. The van der Waals surface area contributed by atoms with Gasteiger partial charge >= 0.3 is 7.82 Å². The minimum atomic E-state index is -3.94. The third kappa shape index (κ3) is 9.57. The summed E-state index contributed by atoms with van der Waals surface area (Å²) in [6, 6.07) is 0. The van der Waals surface area contributed by atoms with Gasteiger partial charge in [-0.3, -0.25) is 13.6 Å². The van der Waals surface area contributed by atoms with E-state index in [1.165, 1.54) is 0 Å². The molecule has 26 heavy (non-hydrogen) atoms. The molecule has 0 fully saturated rings. The van der Waals surface area contributed by atoms with E-state index in [1.807, 2.05) is 0 Å². The fourth-order valence-electron chi connectivity index (χ4n) is 1.16. The average Bonchev–Trinajstić information content (AvgIpc) is 2.68. The first-order valence-electron chi connectivity index (χ1n) is 7.88. The normalized spacial score (nSPS) is 14.0. The maximum absolute atomic E-state index is 13.1. The van der Waals surface area contributed by atoms with Crippen LogP contribution in [0.15, 0.2) is 0 Å². The number of hydrogen-bond acceptors (Lipinski definition) is 4.